The summed E-state index contributed by atoms with van der Waals surface area (Å²) in [6, 6.07) is 6.75. The first-order valence-corrected chi connectivity index (χ1v) is 7.70. The average molecular weight is 275 g/mol. The second kappa shape index (κ2) is 5.92. The van der Waals surface area contributed by atoms with Gasteiger partial charge in [-0.25, -0.2) is 0 Å². The minimum absolute atomic E-state index is 0.762. The molecule has 2 N–H and O–H groups in total. The molecular formula is C16H25N3O. The van der Waals surface area contributed by atoms with E-state index < -0.39 is 0 Å². The molecule has 2 aliphatic heterocycles. The van der Waals surface area contributed by atoms with Gasteiger partial charge in [0.2, 0.25) is 0 Å². The summed E-state index contributed by atoms with van der Waals surface area (Å²) in [5, 5.41) is 0. The summed E-state index contributed by atoms with van der Waals surface area (Å²) in [4.78, 5) is 5.11. The van der Waals surface area contributed by atoms with Gasteiger partial charge in [0.25, 0.3) is 0 Å². The van der Waals surface area contributed by atoms with Crippen molar-refractivity contribution < 1.29 is 4.74 Å². The fourth-order valence-electron chi connectivity index (χ4n) is 3.53. The van der Waals surface area contributed by atoms with Crippen LogP contribution >= 0.6 is 0 Å². The summed E-state index contributed by atoms with van der Waals surface area (Å²) in [6.07, 6.45) is 5.28. The third kappa shape index (κ3) is 2.70. The Labute approximate surface area is 121 Å². The standard InChI is InChI=1S/C16H25N3O/c1-20-16-12-13(17)4-5-15(16)19-10-6-14(7-11-19)18-8-2-3-9-18/h4-5,12,14H,2-3,6-11,17H2,1H3. The van der Waals surface area contributed by atoms with Crippen molar-refractivity contribution in [3.63, 3.8) is 0 Å². The van der Waals surface area contributed by atoms with E-state index in [2.05, 4.69) is 15.9 Å². The quantitative estimate of drug-likeness (QED) is 0.860. The summed E-state index contributed by atoms with van der Waals surface area (Å²) >= 11 is 0. The molecule has 2 heterocycles. The van der Waals surface area contributed by atoms with Gasteiger partial charge in [0, 0.05) is 30.9 Å². The van der Waals surface area contributed by atoms with Crippen molar-refractivity contribution in [2.75, 3.05) is 43.9 Å². The molecule has 0 aliphatic carbocycles. The predicted octanol–water partition coefficient (Wildman–Crippen LogP) is 2.34. The van der Waals surface area contributed by atoms with Crippen molar-refractivity contribution >= 4 is 11.4 Å². The van der Waals surface area contributed by atoms with Crippen LogP contribution in [-0.4, -0.2) is 44.2 Å². The Bertz CT molecular complexity index is 449. The van der Waals surface area contributed by atoms with Gasteiger partial charge in [0.15, 0.2) is 0 Å². The first-order chi connectivity index (χ1) is 9.78. The minimum atomic E-state index is 0.762. The number of benzene rings is 1. The lowest BCUT2D eigenvalue weighted by molar-refractivity contribution is 0.207. The molecule has 0 unspecified atom stereocenters. The summed E-state index contributed by atoms with van der Waals surface area (Å²) in [5.74, 6) is 0.893. The predicted molar refractivity (Wildman–Crippen MR) is 83.4 cm³/mol. The summed E-state index contributed by atoms with van der Waals surface area (Å²) in [6.45, 7) is 4.83. The summed E-state index contributed by atoms with van der Waals surface area (Å²) in [5.41, 5.74) is 7.78. The van der Waals surface area contributed by atoms with E-state index in [9.17, 15) is 0 Å². The van der Waals surface area contributed by atoms with Crippen LogP contribution in [0.1, 0.15) is 25.7 Å². The van der Waals surface area contributed by atoms with Crippen molar-refractivity contribution in [1.29, 1.82) is 0 Å². The van der Waals surface area contributed by atoms with Crippen LogP contribution in [-0.2, 0) is 0 Å². The molecule has 4 heteroatoms. The third-order valence-corrected chi connectivity index (χ3v) is 4.67. The second-order valence-electron chi connectivity index (χ2n) is 5.89. The van der Waals surface area contributed by atoms with Gasteiger partial charge in [-0.3, -0.25) is 0 Å². The van der Waals surface area contributed by atoms with E-state index >= 15 is 0 Å². The number of likely N-dealkylation sites (tertiary alicyclic amines) is 1. The first kappa shape index (κ1) is 13.6. The number of hydrogen-bond donors (Lipinski definition) is 1. The van der Waals surface area contributed by atoms with Gasteiger partial charge < -0.3 is 20.3 Å². The molecule has 0 spiro atoms. The summed E-state index contributed by atoms with van der Waals surface area (Å²) in [7, 11) is 1.72. The Morgan fingerprint density at radius 3 is 2.45 bits per heavy atom. The van der Waals surface area contributed by atoms with Gasteiger partial charge in [-0.05, 0) is 50.9 Å². The lowest BCUT2D eigenvalue weighted by atomic mass is 10.0. The number of nitrogens with two attached hydrogens (primary N) is 1. The zero-order valence-corrected chi connectivity index (χ0v) is 12.3. The van der Waals surface area contributed by atoms with Crippen LogP contribution < -0.4 is 15.4 Å². The van der Waals surface area contributed by atoms with Crippen LogP contribution in [0.3, 0.4) is 0 Å². The van der Waals surface area contributed by atoms with Gasteiger partial charge >= 0.3 is 0 Å². The molecule has 2 fully saturated rings. The van der Waals surface area contributed by atoms with E-state index in [1.54, 1.807) is 7.11 Å². The molecule has 2 saturated heterocycles. The summed E-state index contributed by atoms with van der Waals surface area (Å²) < 4.78 is 5.47. The van der Waals surface area contributed by atoms with Crippen LogP contribution in [0, 0.1) is 0 Å². The fraction of sp³-hybridized carbons (Fsp3) is 0.625. The SMILES string of the molecule is COc1cc(N)ccc1N1CCC(N2CCCC2)CC1. The van der Waals surface area contributed by atoms with Crippen molar-refractivity contribution in [3.8, 4) is 5.75 Å². The minimum Gasteiger partial charge on any atom is -0.495 e. The molecule has 20 heavy (non-hydrogen) atoms. The third-order valence-electron chi connectivity index (χ3n) is 4.67. The van der Waals surface area contributed by atoms with Crippen molar-refractivity contribution in [1.82, 2.24) is 4.90 Å². The zero-order chi connectivity index (χ0) is 13.9. The highest BCUT2D eigenvalue weighted by atomic mass is 16.5. The van der Waals surface area contributed by atoms with Gasteiger partial charge in [0.1, 0.15) is 5.75 Å². The molecular weight excluding hydrogens is 250 g/mol. The molecule has 1 aromatic rings. The largest absolute Gasteiger partial charge is 0.495 e. The highest BCUT2D eigenvalue weighted by Crippen LogP contribution is 2.33. The van der Waals surface area contributed by atoms with Gasteiger partial charge in [-0.1, -0.05) is 0 Å². The van der Waals surface area contributed by atoms with Crippen molar-refractivity contribution in [2.45, 2.75) is 31.7 Å². The molecule has 0 radical (unpaired) electrons. The molecule has 3 rings (SSSR count). The highest BCUT2D eigenvalue weighted by molar-refractivity contribution is 5.64. The zero-order valence-electron chi connectivity index (χ0n) is 12.3. The topological polar surface area (TPSA) is 41.7 Å². The normalized spacial score (nSPS) is 21.4. The number of anilines is 2. The Morgan fingerprint density at radius 2 is 1.80 bits per heavy atom. The van der Waals surface area contributed by atoms with Gasteiger partial charge in [-0.2, -0.15) is 0 Å². The van der Waals surface area contributed by atoms with E-state index in [1.807, 2.05) is 12.1 Å². The molecule has 0 bridgehead atoms. The van der Waals surface area contributed by atoms with E-state index in [-0.39, 0.29) is 0 Å². The average Bonchev–Trinajstić information content (AvgIpc) is 3.01. The molecule has 4 nitrogen and oxygen atoms in total. The number of nitrogens with zero attached hydrogens (tertiary/aromatic N) is 2. The molecule has 1 aromatic carbocycles. The molecule has 2 aliphatic rings. The lowest BCUT2D eigenvalue weighted by Crippen LogP contribution is -2.43. The smallest absolute Gasteiger partial charge is 0.144 e. The molecule has 0 saturated carbocycles. The number of methoxy groups -OCH3 is 1. The maximum atomic E-state index is 5.83. The lowest BCUT2D eigenvalue weighted by Gasteiger charge is -2.38. The molecule has 0 atom stereocenters. The Morgan fingerprint density at radius 1 is 1.10 bits per heavy atom. The number of hydrogen-bond acceptors (Lipinski definition) is 4. The van der Waals surface area contributed by atoms with Crippen LogP contribution in [0.2, 0.25) is 0 Å². The van der Waals surface area contributed by atoms with E-state index in [0.717, 1.165) is 30.6 Å². The highest BCUT2D eigenvalue weighted by Gasteiger charge is 2.27. The van der Waals surface area contributed by atoms with Crippen LogP contribution in [0.25, 0.3) is 0 Å². The Kier molecular flexibility index (Phi) is 4.01. The van der Waals surface area contributed by atoms with E-state index in [1.165, 1.54) is 44.5 Å². The Balaban J connectivity index is 1.65. The monoisotopic (exact) mass is 275 g/mol. The van der Waals surface area contributed by atoms with Crippen molar-refractivity contribution in [2.24, 2.45) is 0 Å². The first-order valence-electron chi connectivity index (χ1n) is 7.70. The van der Waals surface area contributed by atoms with Crippen LogP contribution in [0.5, 0.6) is 5.75 Å². The number of ether oxygens (including phenoxy) is 1. The number of nitrogen functional groups attached to an aromatic ring is 1. The van der Waals surface area contributed by atoms with E-state index in [4.69, 9.17) is 10.5 Å². The Hall–Kier alpha value is -1.42. The molecule has 110 valence electrons. The van der Waals surface area contributed by atoms with Crippen LogP contribution in [0.4, 0.5) is 11.4 Å². The molecule has 0 amide bonds. The number of rotatable bonds is 3. The number of piperidine rings is 1. The molecule has 0 aromatic heterocycles. The van der Waals surface area contributed by atoms with Gasteiger partial charge in [0.05, 0.1) is 12.8 Å². The van der Waals surface area contributed by atoms with Crippen LogP contribution in [0.15, 0.2) is 18.2 Å². The fourth-order valence-corrected chi connectivity index (χ4v) is 3.53. The maximum Gasteiger partial charge on any atom is 0.144 e. The second-order valence-corrected chi connectivity index (χ2v) is 5.89. The maximum absolute atomic E-state index is 5.83. The van der Waals surface area contributed by atoms with Crippen molar-refractivity contribution in [3.05, 3.63) is 18.2 Å². The van der Waals surface area contributed by atoms with E-state index in [0.29, 0.717) is 0 Å². The van der Waals surface area contributed by atoms with Gasteiger partial charge in [-0.15, -0.1) is 0 Å².